The highest BCUT2D eigenvalue weighted by molar-refractivity contribution is 7.89. The molecule has 0 aliphatic rings. The van der Waals surface area contributed by atoms with Crippen molar-refractivity contribution in [2.45, 2.75) is 11.4 Å². The zero-order valence-corrected chi connectivity index (χ0v) is 10.8. The van der Waals surface area contributed by atoms with Crippen molar-refractivity contribution in [3.05, 3.63) is 53.9 Å². The second kappa shape index (κ2) is 5.25. The minimum Gasteiger partial charge on any atom is -0.367 e. The predicted octanol–water partition coefficient (Wildman–Crippen LogP) is 0.592. The molecule has 0 radical (unpaired) electrons. The number of aromatic nitrogens is 1. The topological polar surface area (TPSA) is 105 Å². The number of aromatic amines is 1. The van der Waals surface area contributed by atoms with Gasteiger partial charge in [-0.2, -0.15) is 0 Å². The van der Waals surface area contributed by atoms with E-state index in [2.05, 4.69) is 10.3 Å². The Bertz CT molecular complexity index is 661. The summed E-state index contributed by atoms with van der Waals surface area (Å²) in [6, 6.07) is 7.70. The molecular weight excluding hydrogens is 266 g/mol. The Morgan fingerprint density at radius 3 is 2.42 bits per heavy atom. The molecule has 0 spiro atoms. The van der Waals surface area contributed by atoms with E-state index in [1.165, 1.54) is 12.1 Å². The van der Waals surface area contributed by atoms with Crippen LogP contribution in [0, 0.1) is 0 Å². The molecule has 7 heteroatoms. The molecule has 4 N–H and O–H groups in total. The van der Waals surface area contributed by atoms with Crippen LogP contribution in [-0.4, -0.2) is 19.3 Å². The Balaban J connectivity index is 1.99. The lowest BCUT2D eigenvalue weighted by Gasteiger charge is -2.05. The van der Waals surface area contributed by atoms with Crippen LogP contribution in [0.25, 0.3) is 0 Å². The Hall–Kier alpha value is -2.12. The Kier molecular flexibility index (Phi) is 3.68. The third-order valence-electron chi connectivity index (χ3n) is 2.57. The SMILES string of the molecule is NS(=O)(=O)c1ccc(CNC(=O)c2cc[nH]c2)cc1. The van der Waals surface area contributed by atoms with Crippen LogP contribution in [0.1, 0.15) is 15.9 Å². The summed E-state index contributed by atoms with van der Waals surface area (Å²) in [4.78, 5) is 14.5. The number of rotatable bonds is 4. The van der Waals surface area contributed by atoms with Gasteiger partial charge in [-0.1, -0.05) is 12.1 Å². The van der Waals surface area contributed by atoms with Crippen LogP contribution in [0.3, 0.4) is 0 Å². The van der Waals surface area contributed by atoms with Crippen molar-refractivity contribution >= 4 is 15.9 Å². The van der Waals surface area contributed by atoms with Gasteiger partial charge in [-0.05, 0) is 23.8 Å². The van der Waals surface area contributed by atoms with Crippen LogP contribution in [0.2, 0.25) is 0 Å². The summed E-state index contributed by atoms with van der Waals surface area (Å²) < 4.78 is 22.1. The second-order valence-electron chi connectivity index (χ2n) is 3.97. The van der Waals surface area contributed by atoms with Gasteiger partial charge in [0.1, 0.15) is 0 Å². The number of H-pyrrole nitrogens is 1. The Labute approximate surface area is 110 Å². The average Bonchev–Trinajstić information content (AvgIpc) is 2.89. The molecule has 2 rings (SSSR count). The van der Waals surface area contributed by atoms with Gasteiger partial charge in [-0.25, -0.2) is 13.6 Å². The standard InChI is InChI=1S/C12H13N3O3S/c13-19(17,18)11-3-1-9(2-4-11)7-15-12(16)10-5-6-14-8-10/h1-6,8,14H,7H2,(H,15,16)(H2,13,17,18). The van der Waals surface area contributed by atoms with Gasteiger partial charge < -0.3 is 10.3 Å². The lowest BCUT2D eigenvalue weighted by atomic mass is 10.2. The van der Waals surface area contributed by atoms with Crippen LogP contribution in [0.15, 0.2) is 47.6 Å². The van der Waals surface area contributed by atoms with E-state index in [1.54, 1.807) is 30.6 Å². The van der Waals surface area contributed by atoms with Gasteiger partial charge in [0, 0.05) is 18.9 Å². The summed E-state index contributed by atoms with van der Waals surface area (Å²) in [6.07, 6.45) is 3.26. The van der Waals surface area contributed by atoms with Gasteiger partial charge in [0.2, 0.25) is 10.0 Å². The molecule has 1 heterocycles. The van der Waals surface area contributed by atoms with Crippen molar-refractivity contribution in [1.82, 2.24) is 10.3 Å². The van der Waals surface area contributed by atoms with Crippen LogP contribution in [0.5, 0.6) is 0 Å². The number of nitrogens with one attached hydrogen (secondary N) is 2. The first kappa shape index (κ1) is 13.3. The molecule has 1 aromatic carbocycles. The van der Waals surface area contributed by atoms with Crippen LogP contribution in [0.4, 0.5) is 0 Å². The highest BCUT2D eigenvalue weighted by Crippen LogP contribution is 2.08. The maximum absolute atomic E-state index is 11.7. The van der Waals surface area contributed by atoms with E-state index in [0.717, 1.165) is 5.56 Å². The summed E-state index contributed by atoms with van der Waals surface area (Å²) in [5, 5.41) is 7.71. The molecule has 0 aliphatic carbocycles. The first-order chi connectivity index (χ1) is 8.97. The largest absolute Gasteiger partial charge is 0.367 e. The molecule has 19 heavy (non-hydrogen) atoms. The highest BCUT2D eigenvalue weighted by Gasteiger charge is 2.08. The molecule has 2 aromatic rings. The minimum atomic E-state index is -3.68. The zero-order chi connectivity index (χ0) is 13.9. The number of carbonyl (C=O) groups is 1. The predicted molar refractivity (Wildman–Crippen MR) is 69.8 cm³/mol. The minimum absolute atomic E-state index is 0.0493. The summed E-state index contributed by atoms with van der Waals surface area (Å²) in [7, 11) is -3.68. The maximum Gasteiger partial charge on any atom is 0.253 e. The third kappa shape index (κ3) is 3.43. The van der Waals surface area contributed by atoms with Gasteiger partial charge in [0.05, 0.1) is 10.5 Å². The molecule has 1 aromatic heterocycles. The number of sulfonamides is 1. The molecule has 0 fully saturated rings. The van der Waals surface area contributed by atoms with Gasteiger partial charge in [0.25, 0.3) is 5.91 Å². The van der Waals surface area contributed by atoms with Crippen molar-refractivity contribution in [1.29, 1.82) is 0 Å². The number of amides is 1. The number of hydrogen-bond donors (Lipinski definition) is 3. The molecule has 0 atom stereocenters. The van der Waals surface area contributed by atoms with E-state index in [9.17, 15) is 13.2 Å². The molecule has 1 amide bonds. The normalized spacial score (nSPS) is 11.2. The maximum atomic E-state index is 11.7. The van der Waals surface area contributed by atoms with Gasteiger partial charge in [0.15, 0.2) is 0 Å². The summed E-state index contributed by atoms with van der Waals surface area (Å²) in [6.45, 7) is 0.314. The number of benzene rings is 1. The highest BCUT2D eigenvalue weighted by atomic mass is 32.2. The smallest absolute Gasteiger partial charge is 0.253 e. The van der Waals surface area contributed by atoms with Crippen LogP contribution in [-0.2, 0) is 16.6 Å². The van der Waals surface area contributed by atoms with Crippen molar-refractivity contribution in [2.24, 2.45) is 5.14 Å². The lowest BCUT2D eigenvalue weighted by molar-refractivity contribution is 0.0951. The number of hydrogen-bond acceptors (Lipinski definition) is 3. The van der Waals surface area contributed by atoms with E-state index in [1.807, 2.05) is 0 Å². The van der Waals surface area contributed by atoms with E-state index in [4.69, 9.17) is 5.14 Å². The summed E-state index contributed by atoms with van der Waals surface area (Å²) in [5.74, 6) is -0.197. The monoisotopic (exact) mass is 279 g/mol. The molecule has 0 bridgehead atoms. The summed E-state index contributed by atoms with van der Waals surface area (Å²) in [5.41, 5.74) is 1.33. The Morgan fingerprint density at radius 1 is 1.21 bits per heavy atom. The summed E-state index contributed by atoms with van der Waals surface area (Å²) >= 11 is 0. The number of primary sulfonamides is 1. The fraction of sp³-hybridized carbons (Fsp3) is 0.0833. The zero-order valence-electron chi connectivity index (χ0n) is 9.96. The fourth-order valence-corrected chi connectivity index (χ4v) is 2.06. The first-order valence-electron chi connectivity index (χ1n) is 5.49. The fourth-order valence-electron chi connectivity index (χ4n) is 1.55. The molecule has 0 aliphatic heterocycles. The first-order valence-corrected chi connectivity index (χ1v) is 7.04. The Morgan fingerprint density at radius 2 is 1.89 bits per heavy atom. The van der Waals surface area contributed by atoms with E-state index in [-0.39, 0.29) is 10.8 Å². The average molecular weight is 279 g/mol. The third-order valence-corrected chi connectivity index (χ3v) is 3.49. The van der Waals surface area contributed by atoms with Crippen molar-refractivity contribution < 1.29 is 13.2 Å². The number of carbonyl (C=O) groups excluding carboxylic acids is 1. The van der Waals surface area contributed by atoms with Crippen molar-refractivity contribution in [3.63, 3.8) is 0 Å². The molecule has 100 valence electrons. The molecule has 0 saturated heterocycles. The second-order valence-corrected chi connectivity index (χ2v) is 5.53. The molecule has 0 saturated carbocycles. The van der Waals surface area contributed by atoms with Crippen LogP contribution >= 0.6 is 0 Å². The van der Waals surface area contributed by atoms with E-state index in [0.29, 0.717) is 12.1 Å². The van der Waals surface area contributed by atoms with Gasteiger partial charge >= 0.3 is 0 Å². The quantitative estimate of drug-likeness (QED) is 0.762. The van der Waals surface area contributed by atoms with Gasteiger partial charge in [-0.3, -0.25) is 4.79 Å². The van der Waals surface area contributed by atoms with E-state index < -0.39 is 10.0 Å². The van der Waals surface area contributed by atoms with E-state index >= 15 is 0 Å². The van der Waals surface area contributed by atoms with Gasteiger partial charge in [-0.15, -0.1) is 0 Å². The molecular formula is C12H13N3O3S. The van der Waals surface area contributed by atoms with Crippen molar-refractivity contribution in [3.8, 4) is 0 Å². The van der Waals surface area contributed by atoms with Crippen LogP contribution < -0.4 is 10.5 Å². The number of nitrogens with two attached hydrogens (primary N) is 1. The van der Waals surface area contributed by atoms with Crippen molar-refractivity contribution in [2.75, 3.05) is 0 Å². The lowest BCUT2D eigenvalue weighted by Crippen LogP contribution is -2.22. The molecule has 0 unspecified atom stereocenters. The molecule has 6 nitrogen and oxygen atoms in total.